The Bertz CT molecular complexity index is 307. The lowest BCUT2D eigenvalue weighted by Gasteiger charge is -2.34. The lowest BCUT2D eigenvalue weighted by Crippen LogP contribution is -2.46. The third-order valence-corrected chi connectivity index (χ3v) is 3.32. The standard InChI is InChI=1S/C14H21FN2/c15-7-4-8-16-9-11-17(12-10-16)13-14-5-2-1-3-6-14/h1-3,5-6H,4,7-13H2. The summed E-state index contributed by atoms with van der Waals surface area (Å²) in [7, 11) is 0. The quantitative estimate of drug-likeness (QED) is 0.773. The molecule has 2 rings (SSSR count). The summed E-state index contributed by atoms with van der Waals surface area (Å²) in [5.41, 5.74) is 1.38. The summed E-state index contributed by atoms with van der Waals surface area (Å²) >= 11 is 0. The second-order valence-corrected chi connectivity index (χ2v) is 4.65. The SMILES string of the molecule is FCCCN1CCN(Cc2ccccc2)CC1. The molecule has 0 spiro atoms. The summed E-state index contributed by atoms with van der Waals surface area (Å²) in [6.07, 6.45) is 0.679. The van der Waals surface area contributed by atoms with Gasteiger partial charge in [0.05, 0.1) is 6.67 Å². The van der Waals surface area contributed by atoms with Crippen LogP contribution in [0, 0.1) is 0 Å². The topological polar surface area (TPSA) is 6.48 Å². The summed E-state index contributed by atoms with van der Waals surface area (Å²) in [6.45, 7) is 6.11. The molecule has 1 fully saturated rings. The van der Waals surface area contributed by atoms with Crippen LogP contribution in [0.3, 0.4) is 0 Å². The van der Waals surface area contributed by atoms with Gasteiger partial charge in [0.2, 0.25) is 0 Å². The first-order valence-electron chi connectivity index (χ1n) is 6.43. The van der Waals surface area contributed by atoms with Crippen molar-refractivity contribution in [1.29, 1.82) is 0 Å². The Hall–Kier alpha value is -0.930. The number of benzene rings is 1. The van der Waals surface area contributed by atoms with Gasteiger partial charge in [-0.1, -0.05) is 30.3 Å². The second kappa shape index (κ2) is 6.72. The zero-order chi connectivity index (χ0) is 11.9. The molecule has 0 radical (unpaired) electrons. The predicted molar refractivity (Wildman–Crippen MR) is 68.8 cm³/mol. The minimum absolute atomic E-state index is 0.190. The van der Waals surface area contributed by atoms with Gasteiger partial charge >= 0.3 is 0 Å². The van der Waals surface area contributed by atoms with E-state index in [0.717, 1.165) is 39.3 Å². The molecular formula is C14H21FN2. The van der Waals surface area contributed by atoms with Gasteiger partial charge in [-0.05, 0) is 12.0 Å². The summed E-state index contributed by atoms with van der Waals surface area (Å²) in [5.74, 6) is 0. The van der Waals surface area contributed by atoms with E-state index in [1.807, 2.05) is 0 Å². The number of rotatable bonds is 5. The molecule has 1 heterocycles. The molecule has 1 aromatic rings. The van der Waals surface area contributed by atoms with E-state index in [9.17, 15) is 4.39 Å². The lowest BCUT2D eigenvalue weighted by atomic mass is 10.2. The molecule has 0 amide bonds. The van der Waals surface area contributed by atoms with Gasteiger partial charge in [0.1, 0.15) is 0 Å². The van der Waals surface area contributed by atoms with Crippen LogP contribution in [-0.2, 0) is 6.54 Å². The van der Waals surface area contributed by atoms with E-state index in [1.165, 1.54) is 5.56 Å². The molecule has 0 bridgehead atoms. The van der Waals surface area contributed by atoms with Gasteiger partial charge in [-0.15, -0.1) is 0 Å². The summed E-state index contributed by atoms with van der Waals surface area (Å²) < 4.78 is 12.1. The largest absolute Gasteiger partial charge is 0.301 e. The Morgan fingerprint density at radius 1 is 0.941 bits per heavy atom. The Balaban J connectivity index is 1.72. The fourth-order valence-electron chi connectivity index (χ4n) is 2.30. The summed E-state index contributed by atoms with van der Waals surface area (Å²) in [4.78, 5) is 4.84. The maximum atomic E-state index is 12.1. The van der Waals surface area contributed by atoms with Crippen LogP contribution in [0.1, 0.15) is 12.0 Å². The van der Waals surface area contributed by atoms with Crippen molar-refractivity contribution in [3.05, 3.63) is 35.9 Å². The van der Waals surface area contributed by atoms with Crippen LogP contribution in [0.4, 0.5) is 4.39 Å². The van der Waals surface area contributed by atoms with E-state index < -0.39 is 0 Å². The van der Waals surface area contributed by atoms with Crippen molar-refractivity contribution in [1.82, 2.24) is 9.80 Å². The molecule has 0 unspecified atom stereocenters. The number of hydrogen-bond acceptors (Lipinski definition) is 2. The van der Waals surface area contributed by atoms with Crippen molar-refractivity contribution < 1.29 is 4.39 Å². The molecule has 2 nitrogen and oxygen atoms in total. The van der Waals surface area contributed by atoms with Crippen LogP contribution < -0.4 is 0 Å². The first-order valence-corrected chi connectivity index (χ1v) is 6.43. The Morgan fingerprint density at radius 2 is 1.59 bits per heavy atom. The minimum Gasteiger partial charge on any atom is -0.301 e. The van der Waals surface area contributed by atoms with E-state index in [2.05, 4.69) is 40.1 Å². The van der Waals surface area contributed by atoms with Gasteiger partial charge in [-0.3, -0.25) is 9.29 Å². The second-order valence-electron chi connectivity index (χ2n) is 4.65. The maximum Gasteiger partial charge on any atom is 0.0906 e. The predicted octanol–water partition coefficient (Wildman–Crippen LogP) is 2.16. The Morgan fingerprint density at radius 3 is 2.24 bits per heavy atom. The first kappa shape index (κ1) is 12.5. The van der Waals surface area contributed by atoms with Crippen molar-refractivity contribution >= 4 is 0 Å². The highest BCUT2D eigenvalue weighted by Gasteiger charge is 2.16. The molecule has 0 aromatic heterocycles. The highest BCUT2D eigenvalue weighted by atomic mass is 19.1. The number of piperazine rings is 1. The van der Waals surface area contributed by atoms with E-state index in [0.29, 0.717) is 6.42 Å². The molecule has 0 atom stereocenters. The van der Waals surface area contributed by atoms with Crippen LogP contribution in [0.25, 0.3) is 0 Å². The normalized spacial score (nSPS) is 18.4. The van der Waals surface area contributed by atoms with Crippen LogP contribution in [-0.4, -0.2) is 49.2 Å². The summed E-state index contributed by atoms with van der Waals surface area (Å²) in [6, 6.07) is 10.6. The fraction of sp³-hybridized carbons (Fsp3) is 0.571. The van der Waals surface area contributed by atoms with E-state index in [4.69, 9.17) is 0 Å². The molecule has 0 aliphatic carbocycles. The fourth-order valence-corrected chi connectivity index (χ4v) is 2.30. The van der Waals surface area contributed by atoms with Crippen LogP contribution in [0.5, 0.6) is 0 Å². The van der Waals surface area contributed by atoms with Gasteiger partial charge in [0.25, 0.3) is 0 Å². The third kappa shape index (κ3) is 4.10. The van der Waals surface area contributed by atoms with Gasteiger partial charge < -0.3 is 4.90 Å². The minimum atomic E-state index is -0.190. The third-order valence-electron chi connectivity index (χ3n) is 3.32. The van der Waals surface area contributed by atoms with E-state index in [-0.39, 0.29) is 6.67 Å². The molecule has 1 aliphatic rings. The van der Waals surface area contributed by atoms with Crippen molar-refractivity contribution in [3.8, 4) is 0 Å². The molecule has 3 heteroatoms. The average Bonchev–Trinajstić information content (AvgIpc) is 2.39. The van der Waals surface area contributed by atoms with Gasteiger partial charge in [-0.2, -0.15) is 0 Å². The first-order chi connectivity index (χ1) is 8.38. The van der Waals surface area contributed by atoms with Crippen LogP contribution in [0.2, 0.25) is 0 Å². The molecule has 1 aromatic carbocycles. The highest BCUT2D eigenvalue weighted by Crippen LogP contribution is 2.08. The molecule has 0 saturated carbocycles. The zero-order valence-corrected chi connectivity index (χ0v) is 10.3. The van der Waals surface area contributed by atoms with Crippen LogP contribution >= 0.6 is 0 Å². The molecule has 1 saturated heterocycles. The number of nitrogens with zero attached hydrogens (tertiary/aromatic N) is 2. The van der Waals surface area contributed by atoms with Crippen LogP contribution in [0.15, 0.2) is 30.3 Å². The lowest BCUT2D eigenvalue weighted by molar-refractivity contribution is 0.124. The van der Waals surface area contributed by atoms with E-state index in [1.54, 1.807) is 0 Å². The molecule has 94 valence electrons. The van der Waals surface area contributed by atoms with Crippen molar-refractivity contribution in [2.75, 3.05) is 39.4 Å². The zero-order valence-electron chi connectivity index (χ0n) is 10.3. The molecule has 17 heavy (non-hydrogen) atoms. The highest BCUT2D eigenvalue weighted by molar-refractivity contribution is 5.14. The monoisotopic (exact) mass is 236 g/mol. The van der Waals surface area contributed by atoms with Crippen molar-refractivity contribution in [2.24, 2.45) is 0 Å². The molecule has 0 N–H and O–H groups in total. The van der Waals surface area contributed by atoms with Gasteiger partial charge in [0, 0.05) is 39.3 Å². The summed E-state index contributed by atoms with van der Waals surface area (Å²) in [5, 5.41) is 0. The number of halogens is 1. The molecular weight excluding hydrogens is 215 g/mol. The molecule has 1 aliphatic heterocycles. The Labute approximate surface area is 103 Å². The Kier molecular flexibility index (Phi) is 4.95. The van der Waals surface area contributed by atoms with Gasteiger partial charge in [0.15, 0.2) is 0 Å². The average molecular weight is 236 g/mol. The van der Waals surface area contributed by atoms with Gasteiger partial charge in [-0.25, -0.2) is 0 Å². The number of alkyl halides is 1. The smallest absolute Gasteiger partial charge is 0.0906 e. The number of hydrogen-bond donors (Lipinski definition) is 0. The van der Waals surface area contributed by atoms with Crippen molar-refractivity contribution in [3.63, 3.8) is 0 Å². The van der Waals surface area contributed by atoms with Crippen molar-refractivity contribution in [2.45, 2.75) is 13.0 Å². The van der Waals surface area contributed by atoms with E-state index >= 15 is 0 Å². The maximum absolute atomic E-state index is 12.1.